The Morgan fingerprint density at radius 3 is 2.52 bits per heavy atom. The first-order valence-electron chi connectivity index (χ1n) is 9.55. The van der Waals surface area contributed by atoms with Crippen LogP contribution in [0.3, 0.4) is 0 Å². The fourth-order valence-corrected chi connectivity index (χ4v) is 4.92. The van der Waals surface area contributed by atoms with E-state index in [1.165, 1.54) is 29.7 Å². The van der Waals surface area contributed by atoms with Gasteiger partial charge < -0.3 is 14.6 Å². The van der Waals surface area contributed by atoms with Gasteiger partial charge in [0.1, 0.15) is 17.2 Å². The topological polar surface area (TPSA) is 97.7 Å². The number of hydrogen-bond acceptors (Lipinski definition) is 5. The van der Waals surface area contributed by atoms with E-state index in [0.29, 0.717) is 24.5 Å². The van der Waals surface area contributed by atoms with Gasteiger partial charge in [0.15, 0.2) is 0 Å². The van der Waals surface area contributed by atoms with Crippen molar-refractivity contribution in [2.24, 2.45) is 0 Å². The van der Waals surface area contributed by atoms with Crippen molar-refractivity contribution in [3.8, 4) is 5.75 Å². The van der Waals surface area contributed by atoms with E-state index in [4.69, 9.17) is 4.74 Å². The SMILES string of the molecule is COc1cccc(NC(=O)Cn2cccc(S(=O)(=O)N3CCCCCC3)c2=O)c1. The van der Waals surface area contributed by atoms with Crippen LogP contribution in [0.5, 0.6) is 5.75 Å². The molecule has 1 N–H and O–H groups in total. The zero-order valence-electron chi connectivity index (χ0n) is 16.3. The zero-order valence-corrected chi connectivity index (χ0v) is 17.2. The molecule has 0 saturated carbocycles. The van der Waals surface area contributed by atoms with Crippen LogP contribution in [0, 0.1) is 0 Å². The Hall–Kier alpha value is -2.65. The van der Waals surface area contributed by atoms with E-state index in [9.17, 15) is 18.0 Å². The third-order valence-corrected chi connectivity index (χ3v) is 6.75. The van der Waals surface area contributed by atoms with E-state index in [0.717, 1.165) is 30.3 Å². The molecule has 8 nitrogen and oxygen atoms in total. The predicted molar refractivity (Wildman–Crippen MR) is 110 cm³/mol. The number of pyridine rings is 1. The molecule has 0 aliphatic carbocycles. The van der Waals surface area contributed by atoms with E-state index in [-0.39, 0.29) is 11.4 Å². The Balaban J connectivity index is 1.79. The second kappa shape index (κ2) is 9.23. The molecule has 2 heterocycles. The number of ether oxygens (including phenoxy) is 1. The standard InChI is InChI=1S/C20H25N3O5S/c1-28-17-9-6-8-16(14-17)21-19(24)15-22-11-7-10-18(20(22)25)29(26,27)23-12-4-2-3-5-13-23/h6-11,14H,2-5,12-13,15H2,1H3,(H,21,24). The molecule has 156 valence electrons. The Morgan fingerprint density at radius 2 is 1.83 bits per heavy atom. The largest absolute Gasteiger partial charge is 0.497 e. The highest BCUT2D eigenvalue weighted by molar-refractivity contribution is 7.89. The number of nitrogens with zero attached hydrogens (tertiary/aromatic N) is 2. The molecule has 1 saturated heterocycles. The lowest BCUT2D eigenvalue weighted by atomic mass is 10.2. The minimum atomic E-state index is -3.89. The maximum Gasteiger partial charge on any atom is 0.271 e. The molecule has 0 bridgehead atoms. The van der Waals surface area contributed by atoms with E-state index in [2.05, 4.69) is 5.32 Å². The Bertz CT molecular complexity index is 1020. The lowest BCUT2D eigenvalue weighted by Gasteiger charge is -2.20. The fourth-order valence-electron chi connectivity index (χ4n) is 3.31. The molecule has 2 aromatic rings. The smallest absolute Gasteiger partial charge is 0.271 e. The number of rotatable bonds is 6. The van der Waals surface area contributed by atoms with Gasteiger partial charge >= 0.3 is 0 Å². The van der Waals surface area contributed by atoms with E-state index < -0.39 is 21.5 Å². The van der Waals surface area contributed by atoms with Gasteiger partial charge in [-0.15, -0.1) is 0 Å². The number of carbonyl (C=O) groups excluding carboxylic acids is 1. The summed E-state index contributed by atoms with van der Waals surface area (Å²) >= 11 is 0. The van der Waals surface area contributed by atoms with Crippen LogP contribution in [0.25, 0.3) is 0 Å². The Morgan fingerprint density at radius 1 is 1.10 bits per heavy atom. The van der Waals surface area contributed by atoms with Crippen LogP contribution in [-0.2, 0) is 21.4 Å². The van der Waals surface area contributed by atoms with Gasteiger partial charge in [0.25, 0.3) is 5.56 Å². The molecule has 0 atom stereocenters. The van der Waals surface area contributed by atoms with E-state index in [1.54, 1.807) is 24.3 Å². The first-order chi connectivity index (χ1) is 13.9. The number of carbonyl (C=O) groups is 1. The first-order valence-corrected chi connectivity index (χ1v) is 11.0. The number of nitrogens with one attached hydrogen (secondary N) is 1. The third kappa shape index (κ3) is 5.04. The molecule has 1 aromatic heterocycles. The Labute approximate surface area is 170 Å². The number of benzene rings is 1. The van der Waals surface area contributed by atoms with E-state index in [1.807, 2.05) is 0 Å². The van der Waals surface area contributed by atoms with Crippen molar-refractivity contribution in [1.82, 2.24) is 8.87 Å². The van der Waals surface area contributed by atoms with Crippen molar-refractivity contribution in [2.45, 2.75) is 37.1 Å². The van der Waals surface area contributed by atoms with Crippen molar-refractivity contribution >= 4 is 21.6 Å². The molecule has 0 unspecified atom stereocenters. The maximum atomic E-state index is 13.0. The number of hydrogen-bond donors (Lipinski definition) is 1. The molecule has 1 aliphatic rings. The zero-order chi connectivity index (χ0) is 20.9. The molecule has 1 amide bonds. The molecule has 29 heavy (non-hydrogen) atoms. The minimum Gasteiger partial charge on any atom is -0.497 e. The van der Waals surface area contributed by atoms with Crippen LogP contribution in [0.1, 0.15) is 25.7 Å². The molecule has 9 heteroatoms. The molecule has 0 radical (unpaired) electrons. The number of methoxy groups -OCH3 is 1. The second-order valence-electron chi connectivity index (χ2n) is 6.90. The van der Waals surface area contributed by atoms with Gasteiger partial charge in [0.05, 0.1) is 7.11 Å². The van der Waals surface area contributed by atoms with Crippen molar-refractivity contribution in [3.05, 3.63) is 52.9 Å². The molecule has 0 spiro atoms. The summed E-state index contributed by atoms with van der Waals surface area (Å²) < 4.78 is 33.5. The van der Waals surface area contributed by atoms with Crippen LogP contribution in [0.4, 0.5) is 5.69 Å². The van der Waals surface area contributed by atoms with Crippen molar-refractivity contribution in [3.63, 3.8) is 0 Å². The van der Waals surface area contributed by atoms with Crippen molar-refractivity contribution in [1.29, 1.82) is 0 Å². The summed E-state index contributed by atoms with van der Waals surface area (Å²) in [7, 11) is -2.37. The average molecular weight is 420 g/mol. The van der Waals surface area contributed by atoms with Gasteiger partial charge in [0.2, 0.25) is 15.9 Å². The first kappa shape index (κ1) is 21.1. The monoisotopic (exact) mass is 419 g/mol. The highest BCUT2D eigenvalue weighted by Crippen LogP contribution is 2.18. The van der Waals surface area contributed by atoms with Gasteiger partial charge in [0, 0.05) is 31.0 Å². The van der Waals surface area contributed by atoms with Gasteiger partial charge in [-0.25, -0.2) is 8.42 Å². The van der Waals surface area contributed by atoms with E-state index >= 15 is 0 Å². The minimum absolute atomic E-state index is 0.292. The molecule has 3 rings (SSSR count). The summed E-state index contributed by atoms with van der Waals surface area (Å²) in [5, 5.41) is 2.68. The summed E-state index contributed by atoms with van der Waals surface area (Å²) in [6.45, 7) is 0.527. The third-order valence-electron chi connectivity index (χ3n) is 4.84. The van der Waals surface area contributed by atoms with Gasteiger partial charge in [-0.3, -0.25) is 9.59 Å². The molecule has 1 aliphatic heterocycles. The van der Waals surface area contributed by atoms with Crippen molar-refractivity contribution in [2.75, 3.05) is 25.5 Å². The fraction of sp³-hybridized carbons (Fsp3) is 0.400. The normalized spacial score (nSPS) is 15.5. The van der Waals surface area contributed by atoms with Gasteiger partial charge in [-0.2, -0.15) is 4.31 Å². The lowest BCUT2D eigenvalue weighted by Crippen LogP contribution is -2.37. The van der Waals surface area contributed by atoms with Gasteiger partial charge in [-0.1, -0.05) is 18.9 Å². The van der Waals surface area contributed by atoms with Crippen LogP contribution in [-0.4, -0.2) is 43.4 Å². The highest BCUT2D eigenvalue weighted by Gasteiger charge is 2.28. The molecule has 1 aromatic carbocycles. The summed E-state index contributed by atoms with van der Waals surface area (Å²) in [6.07, 6.45) is 4.94. The lowest BCUT2D eigenvalue weighted by molar-refractivity contribution is -0.116. The quantitative estimate of drug-likeness (QED) is 0.773. The number of amides is 1. The van der Waals surface area contributed by atoms with Crippen LogP contribution >= 0.6 is 0 Å². The van der Waals surface area contributed by atoms with Crippen LogP contribution < -0.4 is 15.6 Å². The van der Waals surface area contributed by atoms with Crippen LogP contribution in [0.2, 0.25) is 0 Å². The number of aromatic nitrogens is 1. The summed E-state index contributed by atoms with van der Waals surface area (Å²) in [5.41, 5.74) is -0.173. The maximum absolute atomic E-state index is 13.0. The second-order valence-corrected chi connectivity index (χ2v) is 8.81. The van der Waals surface area contributed by atoms with Gasteiger partial charge in [-0.05, 0) is 37.1 Å². The average Bonchev–Trinajstić information content (AvgIpc) is 2.99. The number of anilines is 1. The molecular formula is C20H25N3O5S. The van der Waals surface area contributed by atoms with Crippen molar-refractivity contribution < 1.29 is 17.9 Å². The Kier molecular flexibility index (Phi) is 6.71. The molecular weight excluding hydrogens is 394 g/mol. The molecule has 1 fully saturated rings. The summed E-state index contributed by atoms with van der Waals surface area (Å²) in [4.78, 5) is 24.9. The summed E-state index contributed by atoms with van der Waals surface area (Å²) in [5.74, 6) is 0.148. The van der Waals surface area contributed by atoms with Crippen LogP contribution in [0.15, 0.2) is 52.3 Å². The number of sulfonamides is 1. The highest BCUT2D eigenvalue weighted by atomic mass is 32.2. The predicted octanol–water partition coefficient (Wildman–Crippen LogP) is 2.06. The summed E-state index contributed by atoms with van der Waals surface area (Å²) in [6, 6.07) is 9.61.